The summed E-state index contributed by atoms with van der Waals surface area (Å²) in [6, 6.07) is 10.4. The van der Waals surface area contributed by atoms with Gasteiger partial charge in [-0.15, -0.1) is 11.3 Å². The molecule has 0 unspecified atom stereocenters. The lowest BCUT2D eigenvalue weighted by molar-refractivity contribution is -0.385. The lowest BCUT2D eigenvalue weighted by Crippen LogP contribution is -2.27. The van der Waals surface area contributed by atoms with E-state index in [0.717, 1.165) is 15.2 Å². The molecular formula is C20H17N3O5S. The Morgan fingerprint density at radius 3 is 2.76 bits per heavy atom. The zero-order valence-electron chi connectivity index (χ0n) is 15.7. The molecule has 29 heavy (non-hydrogen) atoms. The molecule has 4 rings (SSSR count). The van der Waals surface area contributed by atoms with Crippen LogP contribution in [-0.4, -0.2) is 34.6 Å². The van der Waals surface area contributed by atoms with Crippen molar-refractivity contribution < 1.29 is 19.2 Å². The summed E-state index contributed by atoms with van der Waals surface area (Å²) in [6.07, 6.45) is 2.73. The van der Waals surface area contributed by atoms with Crippen LogP contribution in [0.5, 0.6) is 11.5 Å². The number of aromatic nitrogens is 1. The number of hydrogen-bond acceptors (Lipinski definition) is 7. The summed E-state index contributed by atoms with van der Waals surface area (Å²) in [5.41, 5.74) is 1.01. The molecule has 0 spiro atoms. The van der Waals surface area contributed by atoms with Crippen LogP contribution >= 0.6 is 11.3 Å². The minimum Gasteiger partial charge on any atom is -0.454 e. The molecule has 1 amide bonds. The third-order valence-corrected chi connectivity index (χ3v) is 5.93. The number of benzene rings is 2. The van der Waals surface area contributed by atoms with Crippen LogP contribution in [-0.2, 0) is 4.79 Å². The summed E-state index contributed by atoms with van der Waals surface area (Å²) in [5.74, 6) is 0.448. The second kappa shape index (κ2) is 7.51. The van der Waals surface area contributed by atoms with Crippen molar-refractivity contribution in [2.24, 2.45) is 0 Å². The van der Waals surface area contributed by atoms with Gasteiger partial charge in [0.25, 0.3) is 5.69 Å². The van der Waals surface area contributed by atoms with Crippen LogP contribution in [0.3, 0.4) is 0 Å². The molecule has 3 aromatic rings. The van der Waals surface area contributed by atoms with Crippen molar-refractivity contribution in [2.45, 2.75) is 13.0 Å². The minimum absolute atomic E-state index is 0.0149. The molecule has 0 N–H and O–H groups in total. The maximum absolute atomic E-state index is 12.7. The summed E-state index contributed by atoms with van der Waals surface area (Å²) < 4.78 is 11.5. The van der Waals surface area contributed by atoms with Gasteiger partial charge < -0.3 is 14.4 Å². The number of hydrogen-bond donors (Lipinski definition) is 0. The monoisotopic (exact) mass is 411 g/mol. The molecule has 1 aromatic heterocycles. The van der Waals surface area contributed by atoms with Crippen molar-refractivity contribution in [3.63, 3.8) is 0 Å². The fourth-order valence-corrected chi connectivity index (χ4v) is 4.01. The molecule has 0 radical (unpaired) electrons. The van der Waals surface area contributed by atoms with E-state index >= 15 is 0 Å². The first kappa shape index (κ1) is 18.9. The van der Waals surface area contributed by atoms with Crippen molar-refractivity contribution in [1.82, 2.24) is 9.88 Å². The van der Waals surface area contributed by atoms with Gasteiger partial charge in [-0.05, 0) is 31.2 Å². The average Bonchev–Trinajstić information content (AvgIpc) is 3.36. The van der Waals surface area contributed by atoms with Gasteiger partial charge in [0.15, 0.2) is 11.5 Å². The zero-order valence-corrected chi connectivity index (χ0v) is 16.5. The number of nitro groups is 1. The largest absolute Gasteiger partial charge is 0.454 e. The lowest BCUT2D eigenvalue weighted by Gasteiger charge is -2.21. The number of nitrogens with zero attached hydrogens (tertiary/aromatic N) is 3. The third-order valence-electron chi connectivity index (χ3n) is 4.72. The van der Waals surface area contributed by atoms with Gasteiger partial charge in [-0.25, -0.2) is 4.98 Å². The van der Waals surface area contributed by atoms with Crippen molar-refractivity contribution in [1.29, 1.82) is 0 Å². The van der Waals surface area contributed by atoms with E-state index in [9.17, 15) is 14.9 Å². The van der Waals surface area contributed by atoms with E-state index in [4.69, 9.17) is 9.47 Å². The van der Waals surface area contributed by atoms with E-state index in [1.54, 1.807) is 11.9 Å². The second-order valence-electron chi connectivity index (χ2n) is 6.50. The van der Waals surface area contributed by atoms with Gasteiger partial charge in [0, 0.05) is 13.1 Å². The topological polar surface area (TPSA) is 94.8 Å². The van der Waals surface area contributed by atoms with E-state index in [-0.39, 0.29) is 30.0 Å². The van der Waals surface area contributed by atoms with E-state index in [1.807, 2.05) is 31.2 Å². The molecule has 1 aliphatic rings. The standard InChI is InChI=1S/C20H17N3O5S/c1-12(20-21-14-5-3-4-6-18(14)29-20)22(2)19(24)8-7-13-9-16-17(28-11-27-16)10-15(13)23(25)26/h3-10,12H,11H2,1-2H3/b8-7+/t12-/m0/s1. The Morgan fingerprint density at radius 1 is 1.31 bits per heavy atom. The Balaban J connectivity index is 1.55. The summed E-state index contributed by atoms with van der Waals surface area (Å²) in [6.45, 7) is 1.91. The molecule has 2 heterocycles. The second-order valence-corrected chi connectivity index (χ2v) is 7.56. The number of ether oxygens (including phenoxy) is 2. The first-order valence-electron chi connectivity index (χ1n) is 8.82. The highest BCUT2D eigenvalue weighted by Crippen LogP contribution is 2.38. The Labute approximate surface area is 170 Å². The number of amides is 1. The summed E-state index contributed by atoms with van der Waals surface area (Å²) in [7, 11) is 1.68. The highest BCUT2D eigenvalue weighted by atomic mass is 32.1. The maximum Gasteiger partial charge on any atom is 0.280 e. The molecule has 0 saturated carbocycles. The number of likely N-dealkylation sites (N-methyl/N-ethyl adjacent to an activating group) is 1. The lowest BCUT2D eigenvalue weighted by atomic mass is 10.1. The molecule has 0 fully saturated rings. The Morgan fingerprint density at radius 2 is 2.03 bits per heavy atom. The van der Waals surface area contributed by atoms with Gasteiger partial charge >= 0.3 is 0 Å². The highest BCUT2D eigenvalue weighted by molar-refractivity contribution is 7.18. The molecule has 9 heteroatoms. The van der Waals surface area contributed by atoms with Crippen LogP contribution in [0.25, 0.3) is 16.3 Å². The van der Waals surface area contributed by atoms with Crippen molar-refractivity contribution >= 4 is 39.2 Å². The average molecular weight is 411 g/mol. The van der Waals surface area contributed by atoms with Gasteiger partial charge in [0.05, 0.1) is 32.8 Å². The SMILES string of the molecule is C[C@@H](c1nc2ccccc2s1)N(C)C(=O)/C=C/c1cc2c(cc1[N+](=O)[O-])OCO2. The predicted molar refractivity (Wildman–Crippen MR) is 109 cm³/mol. The fraction of sp³-hybridized carbons (Fsp3) is 0.200. The molecule has 0 aliphatic carbocycles. The number of para-hydroxylation sites is 1. The van der Waals surface area contributed by atoms with Crippen LogP contribution in [0, 0.1) is 10.1 Å². The Kier molecular flexibility index (Phi) is 4.89. The first-order valence-corrected chi connectivity index (χ1v) is 9.64. The summed E-state index contributed by atoms with van der Waals surface area (Å²) >= 11 is 1.54. The zero-order chi connectivity index (χ0) is 20.5. The van der Waals surface area contributed by atoms with Crippen LogP contribution in [0.15, 0.2) is 42.5 Å². The molecule has 1 atom stereocenters. The van der Waals surface area contributed by atoms with Crippen LogP contribution in [0.4, 0.5) is 5.69 Å². The summed E-state index contributed by atoms with van der Waals surface area (Å²) in [4.78, 5) is 29.6. The number of carbonyl (C=O) groups is 1. The van der Waals surface area contributed by atoms with E-state index in [1.165, 1.54) is 35.6 Å². The number of rotatable bonds is 5. The van der Waals surface area contributed by atoms with Gasteiger partial charge in [-0.3, -0.25) is 14.9 Å². The molecule has 0 bridgehead atoms. The number of nitro benzene ring substituents is 1. The molecule has 2 aromatic carbocycles. The van der Waals surface area contributed by atoms with Gasteiger partial charge in [-0.1, -0.05) is 12.1 Å². The number of fused-ring (bicyclic) bond motifs is 2. The third kappa shape index (κ3) is 3.64. The molecule has 0 saturated heterocycles. The molecule has 8 nitrogen and oxygen atoms in total. The van der Waals surface area contributed by atoms with Crippen LogP contribution in [0.2, 0.25) is 0 Å². The van der Waals surface area contributed by atoms with Crippen LogP contribution in [0.1, 0.15) is 23.5 Å². The first-order chi connectivity index (χ1) is 13.9. The van der Waals surface area contributed by atoms with Gasteiger partial charge in [-0.2, -0.15) is 0 Å². The summed E-state index contributed by atoms with van der Waals surface area (Å²) in [5, 5.41) is 12.2. The minimum atomic E-state index is -0.514. The molecular weight excluding hydrogens is 394 g/mol. The normalized spacial score (nSPS) is 13.7. The number of thiazole rings is 1. The van der Waals surface area contributed by atoms with E-state index in [0.29, 0.717) is 11.5 Å². The van der Waals surface area contributed by atoms with E-state index < -0.39 is 4.92 Å². The number of carbonyl (C=O) groups excluding carboxylic acids is 1. The predicted octanol–water partition coefficient (Wildman–Crippen LogP) is 4.17. The van der Waals surface area contributed by atoms with Crippen LogP contribution < -0.4 is 9.47 Å². The Hall–Kier alpha value is -3.46. The van der Waals surface area contributed by atoms with Crippen molar-refractivity contribution in [3.8, 4) is 11.5 Å². The quantitative estimate of drug-likeness (QED) is 0.355. The van der Waals surface area contributed by atoms with Crippen molar-refractivity contribution in [3.05, 3.63) is 63.2 Å². The Bertz CT molecular complexity index is 1110. The van der Waals surface area contributed by atoms with E-state index in [2.05, 4.69) is 4.98 Å². The maximum atomic E-state index is 12.7. The smallest absolute Gasteiger partial charge is 0.280 e. The van der Waals surface area contributed by atoms with Crippen molar-refractivity contribution in [2.75, 3.05) is 13.8 Å². The highest BCUT2D eigenvalue weighted by Gasteiger charge is 2.23. The fourth-order valence-electron chi connectivity index (χ4n) is 2.94. The van der Waals surface area contributed by atoms with Gasteiger partial charge in [0.1, 0.15) is 5.01 Å². The van der Waals surface area contributed by atoms with Gasteiger partial charge in [0.2, 0.25) is 12.7 Å². The molecule has 148 valence electrons. The molecule has 1 aliphatic heterocycles.